The van der Waals surface area contributed by atoms with Crippen LogP contribution in [0.25, 0.3) is 0 Å². The van der Waals surface area contributed by atoms with Crippen LogP contribution in [0.15, 0.2) is 108 Å². The number of aryl methyl sites for hydroxylation is 1. The molecule has 0 aromatic heterocycles. The molecule has 0 fully saturated rings. The number of ether oxygens (including phenoxy) is 2. The first kappa shape index (κ1) is 24.1. The molecule has 4 aromatic rings. The molecule has 0 aliphatic carbocycles. The molecule has 7 nitrogen and oxygen atoms in total. The topological polar surface area (TPSA) is 94.1 Å². The molecule has 1 N–H and O–H groups in total. The van der Waals surface area contributed by atoms with Gasteiger partial charge in [-0.3, -0.25) is 4.79 Å². The van der Waals surface area contributed by atoms with Crippen LogP contribution in [0.5, 0.6) is 11.5 Å². The predicted octanol–water partition coefficient (Wildman–Crippen LogP) is 5.20. The normalized spacial score (nSPS) is 10.6. The molecule has 0 heterocycles. The molecule has 7 heteroatoms. The van der Waals surface area contributed by atoms with Crippen molar-refractivity contribution in [3.63, 3.8) is 0 Å². The largest absolute Gasteiger partial charge is 0.423 e. The summed E-state index contributed by atoms with van der Waals surface area (Å²) < 4.78 is 11.0. The number of hydrazone groups is 1. The van der Waals surface area contributed by atoms with E-state index in [0.29, 0.717) is 22.3 Å². The number of amides is 1. The summed E-state index contributed by atoms with van der Waals surface area (Å²) in [5.74, 6) is -1.24. The van der Waals surface area contributed by atoms with Crippen molar-refractivity contribution in [1.82, 2.24) is 5.43 Å². The molecule has 0 saturated carbocycles. The highest BCUT2D eigenvalue weighted by Gasteiger charge is 2.15. The third-order valence-electron chi connectivity index (χ3n) is 5.18. The van der Waals surface area contributed by atoms with Crippen molar-refractivity contribution >= 4 is 24.1 Å². The Bertz CT molecular complexity index is 1420. The minimum Gasteiger partial charge on any atom is -0.423 e. The van der Waals surface area contributed by atoms with Crippen LogP contribution in [0, 0.1) is 6.92 Å². The Labute approximate surface area is 208 Å². The lowest BCUT2D eigenvalue weighted by Gasteiger charge is -2.11. The number of rotatable bonds is 7. The van der Waals surface area contributed by atoms with Crippen LogP contribution in [0.2, 0.25) is 0 Å². The van der Waals surface area contributed by atoms with Crippen LogP contribution in [0.3, 0.4) is 0 Å². The van der Waals surface area contributed by atoms with Crippen LogP contribution in [0.4, 0.5) is 0 Å². The number of hydrogen-bond acceptors (Lipinski definition) is 6. The number of carbonyl (C=O) groups excluding carboxylic acids is 3. The molecule has 0 unspecified atom stereocenters. The average Bonchev–Trinajstić information content (AvgIpc) is 2.91. The van der Waals surface area contributed by atoms with Crippen LogP contribution in [-0.2, 0) is 0 Å². The summed E-state index contributed by atoms with van der Waals surface area (Å²) in [5.41, 5.74) is 4.90. The second-order valence-corrected chi connectivity index (χ2v) is 7.72. The van der Waals surface area contributed by atoms with E-state index >= 15 is 0 Å². The van der Waals surface area contributed by atoms with E-state index in [1.165, 1.54) is 12.3 Å². The fraction of sp³-hybridized carbons (Fsp3) is 0.0345. The molecule has 0 radical (unpaired) electrons. The average molecular weight is 479 g/mol. The first-order valence-electron chi connectivity index (χ1n) is 11.1. The van der Waals surface area contributed by atoms with Gasteiger partial charge in [0.2, 0.25) is 0 Å². The van der Waals surface area contributed by atoms with Gasteiger partial charge >= 0.3 is 11.9 Å². The number of nitrogens with zero attached hydrogens (tertiary/aromatic N) is 1. The summed E-state index contributed by atoms with van der Waals surface area (Å²) >= 11 is 0. The number of hydrogen-bond donors (Lipinski definition) is 1. The summed E-state index contributed by atoms with van der Waals surface area (Å²) in [5, 5.41) is 4.01. The third kappa shape index (κ3) is 6.09. The van der Waals surface area contributed by atoms with Crippen molar-refractivity contribution in [2.45, 2.75) is 6.92 Å². The fourth-order valence-corrected chi connectivity index (χ4v) is 3.29. The Kier molecular flexibility index (Phi) is 7.63. The zero-order chi connectivity index (χ0) is 25.3. The zero-order valence-electron chi connectivity index (χ0n) is 19.4. The van der Waals surface area contributed by atoms with Crippen LogP contribution in [0.1, 0.15) is 42.2 Å². The van der Waals surface area contributed by atoms with Crippen LogP contribution in [-0.4, -0.2) is 24.1 Å². The molecule has 4 rings (SSSR count). The van der Waals surface area contributed by atoms with Gasteiger partial charge in [-0.15, -0.1) is 0 Å². The molecule has 36 heavy (non-hydrogen) atoms. The molecule has 4 aromatic carbocycles. The van der Waals surface area contributed by atoms with Gasteiger partial charge in [0.25, 0.3) is 5.91 Å². The molecule has 0 aliphatic heterocycles. The van der Waals surface area contributed by atoms with Crippen molar-refractivity contribution < 1.29 is 23.9 Å². The van der Waals surface area contributed by atoms with E-state index in [1.807, 2.05) is 19.1 Å². The van der Waals surface area contributed by atoms with Gasteiger partial charge in [0.1, 0.15) is 11.5 Å². The summed E-state index contributed by atoms with van der Waals surface area (Å²) in [6.45, 7) is 1.83. The summed E-state index contributed by atoms with van der Waals surface area (Å²) in [6, 6.07) is 28.7. The monoisotopic (exact) mass is 478 g/mol. The molecular formula is C29H22N2O5. The van der Waals surface area contributed by atoms with Crippen LogP contribution >= 0.6 is 0 Å². The molecule has 0 saturated heterocycles. The van der Waals surface area contributed by atoms with E-state index in [9.17, 15) is 14.4 Å². The summed E-state index contributed by atoms with van der Waals surface area (Å²) in [4.78, 5) is 37.6. The Balaban J connectivity index is 1.56. The van der Waals surface area contributed by atoms with Crippen molar-refractivity contribution in [2.75, 3.05) is 0 Å². The highest BCUT2D eigenvalue weighted by atomic mass is 16.5. The first-order valence-corrected chi connectivity index (χ1v) is 11.1. The number of carbonyl (C=O) groups is 3. The Morgan fingerprint density at radius 3 is 1.94 bits per heavy atom. The van der Waals surface area contributed by atoms with Gasteiger partial charge < -0.3 is 9.47 Å². The Morgan fingerprint density at radius 2 is 1.31 bits per heavy atom. The second kappa shape index (κ2) is 11.4. The van der Waals surface area contributed by atoms with Crippen molar-refractivity contribution in [3.05, 3.63) is 131 Å². The van der Waals surface area contributed by atoms with Gasteiger partial charge in [0.05, 0.1) is 17.3 Å². The van der Waals surface area contributed by atoms with Gasteiger partial charge in [-0.05, 0) is 55.0 Å². The zero-order valence-corrected chi connectivity index (χ0v) is 19.4. The van der Waals surface area contributed by atoms with Gasteiger partial charge in [0, 0.05) is 17.2 Å². The Morgan fingerprint density at radius 1 is 0.722 bits per heavy atom. The summed E-state index contributed by atoms with van der Waals surface area (Å²) in [6.07, 6.45) is 1.35. The standard InChI is InChI=1S/C29H22N2O5/c1-20-10-8-9-15-25(20)27(32)31-30-19-23-16-17-24(35-28(33)21-11-4-2-5-12-21)18-26(23)36-29(34)22-13-6-3-7-14-22/h2-19H,1H3,(H,31,32)/b30-19-. The molecule has 0 spiro atoms. The van der Waals surface area contributed by atoms with E-state index in [2.05, 4.69) is 10.5 Å². The number of esters is 2. The molecular weight excluding hydrogens is 456 g/mol. The summed E-state index contributed by atoms with van der Waals surface area (Å²) in [7, 11) is 0. The molecule has 0 atom stereocenters. The van der Waals surface area contributed by atoms with Gasteiger partial charge in [0.15, 0.2) is 0 Å². The van der Waals surface area contributed by atoms with Crippen molar-refractivity contribution in [1.29, 1.82) is 0 Å². The van der Waals surface area contributed by atoms with E-state index in [1.54, 1.807) is 84.9 Å². The second-order valence-electron chi connectivity index (χ2n) is 7.72. The van der Waals surface area contributed by atoms with Gasteiger partial charge in [-0.2, -0.15) is 5.10 Å². The quantitative estimate of drug-likeness (QED) is 0.171. The van der Waals surface area contributed by atoms with Crippen LogP contribution < -0.4 is 14.9 Å². The SMILES string of the molecule is Cc1ccccc1C(=O)N/N=C\c1ccc(OC(=O)c2ccccc2)cc1OC(=O)c1ccccc1. The van der Waals surface area contributed by atoms with Crippen molar-refractivity contribution in [2.24, 2.45) is 5.10 Å². The Hall–Kier alpha value is -5.04. The third-order valence-corrected chi connectivity index (χ3v) is 5.18. The van der Waals surface area contributed by atoms with E-state index in [0.717, 1.165) is 5.56 Å². The lowest BCUT2D eigenvalue weighted by molar-refractivity contribution is 0.0732. The van der Waals surface area contributed by atoms with E-state index in [-0.39, 0.29) is 17.4 Å². The lowest BCUT2D eigenvalue weighted by atomic mass is 10.1. The minimum atomic E-state index is -0.597. The fourth-order valence-electron chi connectivity index (χ4n) is 3.29. The first-order chi connectivity index (χ1) is 17.5. The highest BCUT2D eigenvalue weighted by Crippen LogP contribution is 2.26. The van der Waals surface area contributed by atoms with E-state index < -0.39 is 11.9 Å². The molecule has 178 valence electrons. The molecule has 1 amide bonds. The number of benzene rings is 4. The van der Waals surface area contributed by atoms with Gasteiger partial charge in [-0.25, -0.2) is 15.0 Å². The van der Waals surface area contributed by atoms with Crippen molar-refractivity contribution in [3.8, 4) is 11.5 Å². The number of nitrogens with one attached hydrogen (secondary N) is 1. The van der Waals surface area contributed by atoms with Gasteiger partial charge in [-0.1, -0.05) is 54.6 Å². The molecule has 0 aliphatic rings. The molecule has 0 bridgehead atoms. The maximum absolute atomic E-state index is 12.7. The maximum atomic E-state index is 12.7. The highest BCUT2D eigenvalue weighted by molar-refractivity contribution is 5.97. The minimum absolute atomic E-state index is 0.108. The maximum Gasteiger partial charge on any atom is 0.343 e. The smallest absolute Gasteiger partial charge is 0.343 e. The predicted molar refractivity (Wildman–Crippen MR) is 135 cm³/mol. The lowest BCUT2D eigenvalue weighted by Crippen LogP contribution is -2.18. The van der Waals surface area contributed by atoms with E-state index in [4.69, 9.17) is 9.47 Å².